The fourth-order valence-corrected chi connectivity index (χ4v) is 3.86. The van der Waals surface area contributed by atoms with Crippen LogP contribution in [0.15, 0.2) is 36.5 Å². The number of aromatic nitrogens is 5. The number of amides is 1. The summed E-state index contributed by atoms with van der Waals surface area (Å²) in [6.45, 7) is 4.25. The number of benzene rings is 1. The van der Waals surface area contributed by atoms with Crippen LogP contribution in [0.5, 0.6) is 0 Å². The third-order valence-corrected chi connectivity index (χ3v) is 5.80. The van der Waals surface area contributed by atoms with Gasteiger partial charge in [-0.15, -0.1) is 5.10 Å². The molecule has 1 N–H and O–H groups in total. The second-order valence-corrected chi connectivity index (χ2v) is 8.41. The van der Waals surface area contributed by atoms with Crippen molar-refractivity contribution in [2.45, 2.75) is 38.8 Å². The minimum atomic E-state index is -0.347. The summed E-state index contributed by atoms with van der Waals surface area (Å²) in [5, 5.41) is 12.4. The largest absolute Gasteiger partial charge is 0.447 e. The predicted molar refractivity (Wildman–Crippen MR) is 116 cm³/mol. The highest BCUT2D eigenvalue weighted by molar-refractivity contribution is 6.30. The van der Waals surface area contributed by atoms with Crippen LogP contribution in [0.3, 0.4) is 0 Å². The maximum Gasteiger partial charge on any atom is 0.415 e. The Kier molecular flexibility index (Phi) is 4.97. The molecule has 1 saturated heterocycles. The van der Waals surface area contributed by atoms with Crippen LogP contribution in [0.25, 0.3) is 5.69 Å². The summed E-state index contributed by atoms with van der Waals surface area (Å²) in [6, 6.07) is 9.03. The van der Waals surface area contributed by atoms with Gasteiger partial charge >= 0.3 is 6.09 Å². The van der Waals surface area contributed by atoms with E-state index in [0.29, 0.717) is 29.3 Å². The van der Waals surface area contributed by atoms with E-state index in [0.717, 1.165) is 29.9 Å². The highest BCUT2D eigenvalue weighted by Gasteiger charge is 2.44. The molecule has 5 rings (SSSR count). The van der Waals surface area contributed by atoms with E-state index in [2.05, 4.69) is 25.6 Å². The summed E-state index contributed by atoms with van der Waals surface area (Å²) in [7, 11) is 0. The molecule has 2 atom stereocenters. The average Bonchev–Trinajstić information content (AvgIpc) is 3.32. The van der Waals surface area contributed by atoms with E-state index in [1.54, 1.807) is 21.7 Å². The number of rotatable bonds is 6. The van der Waals surface area contributed by atoms with Crippen molar-refractivity contribution in [3.63, 3.8) is 0 Å². The van der Waals surface area contributed by atoms with Gasteiger partial charge in [-0.05, 0) is 56.9 Å². The van der Waals surface area contributed by atoms with E-state index in [1.807, 2.05) is 38.2 Å². The standard InChI is InChI=1S/C21H22ClN7O2/c1-12-9-19(29-18(14-3-4-14)11-31-21(29)30)25-20(23-12)24-13(2)17-10-28(27-26-17)16-7-5-15(22)6-8-16/h5-10,13-14,18H,3-4,11H2,1-2H3,(H,23,24,25)/t13-,18-/m1/s1. The zero-order chi connectivity index (χ0) is 21.5. The van der Waals surface area contributed by atoms with Gasteiger partial charge in [-0.25, -0.2) is 14.5 Å². The van der Waals surface area contributed by atoms with Crippen LogP contribution in [-0.2, 0) is 4.74 Å². The van der Waals surface area contributed by atoms with Gasteiger partial charge in [0, 0.05) is 16.8 Å². The SMILES string of the molecule is Cc1cc(N2C(=O)OC[C@@H]2C2CC2)nc(N[C@H](C)c2cn(-c3ccc(Cl)cc3)nn2)n1. The Labute approximate surface area is 184 Å². The number of hydrogen-bond acceptors (Lipinski definition) is 7. The summed E-state index contributed by atoms with van der Waals surface area (Å²) >= 11 is 5.95. The summed E-state index contributed by atoms with van der Waals surface area (Å²) < 4.78 is 6.98. The molecule has 0 bridgehead atoms. The van der Waals surface area contributed by atoms with Crippen molar-refractivity contribution in [2.24, 2.45) is 5.92 Å². The molecule has 2 fully saturated rings. The first-order valence-electron chi connectivity index (χ1n) is 10.2. The fraction of sp³-hybridized carbons (Fsp3) is 0.381. The fourth-order valence-electron chi connectivity index (χ4n) is 3.73. The molecular weight excluding hydrogens is 418 g/mol. The Hall–Kier alpha value is -3.20. The molecule has 9 nitrogen and oxygen atoms in total. The Morgan fingerprint density at radius 3 is 2.74 bits per heavy atom. The first-order chi connectivity index (χ1) is 15.0. The maximum atomic E-state index is 12.3. The van der Waals surface area contributed by atoms with Crippen molar-refractivity contribution in [1.82, 2.24) is 25.0 Å². The van der Waals surface area contributed by atoms with Crippen molar-refractivity contribution in [2.75, 3.05) is 16.8 Å². The van der Waals surface area contributed by atoms with Crippen LogP contribution in [-0.4, -0.2) is 43.7 Å². The first kappa shape index (κ1) is 19.7. The number of halogens is 1. The molecule has 31 heavy (non-hydrogen) atoms. The smallest absolute Gasteiger partial charge is 0.415 e. The minimum Gasteiger partial charge on any atom is -0.447 e. The lowest BCUT2D eigenvalue weighted by molar-refractivity contribution is 0.178. The third kappa shape index (κ3) is 4.05. The summed E-state index contributed by atoms with van der Waals surface area (Å²) in [5.41, 5.74) is 2.36. The molecule has 3 heterocycles. The minimum absolute atomic E-state index is 0.0475. The number of nitrogens with one attached hydrogen (secondary N) is 1. The van der Waals surface area contributed by atoms with Gasteiger partial charge in [-0.3, -0.25) is 4.90 Å². The Bertz CT molecular complexity index is 1110. The molecule has 10 heteroatoms. The van der Waals surface area contributed by atoms with Crippen LogP contribution in [0.4, 0.5) is 16.6 Å². The highest BCUT2D eigenvalue weighted by atomic mass is 35.5. The van der Waals surface area contributed by atoms with Crippen molar-refractivity contribution < 1.29 is 9.53 Å². The molecular formula is C21H22ClN7O2. The van der Waals surface area contributed by atoms with E-state index in [1.165, 1.54) is 0 Å². The van der Waals surface area contributed by atoms with Gasteiger partial charge < -0.3 is 10.1 Å². The Morgan fingerprint density at radius 2 is 2.00 bits per heavy atom. The van der Waals surface area contributed by atoms with Crippen LogP contribution >= 0.6 is 11.6 Å². The Morgan fingerprint density at radius 1 is 1.23 bits per heavy atom. The van der Waals surface area contributed by atoms with Crippen molar-refractivity contribution in [1.29, 1.82) is 0 Å². The summed E-state index contributed by atoms with van der Waals surface area (Å²) in [4.78, 5) is 23.1. The van der Waals surface area contributed by atoms with Crippen LogP contribution in [0.1, 0.15) is 37.2 Å². The molecule has 1 saturated carbocycles. The van der Waals surface area contributed by atoms with Gasteiger partial charge in [0.2, 0.25) is 5.95 Å². The average molecular weight is 440 g/mol. The van der Waals surface area contributed by atoms with E-state index in [4.69, 9.17) is 16.3 Å². The van der Waals surface area contributed by atoms with E-state index in [9.17, 15) is 4.79 Å². The van der Waals surface area contributed by atoms with E-state index in [-0.39, 0.29) is 18.2 Å². The number of aryl methyl sites for hydroxylation is 1. The quantitative estimate of drug-likeness (QED) is 0.621. The summed E-state index contributed by atoms with van der Waals surface area (Å²) in [6.07, 6.45) is 3.74. The van der Waals surface area contributed by atoms with Crippen LogP contribution in [0.2, 0.25) is 5.02 Å². The number of ether oxygens (including phenoxy) is 1. The normalized spacial score (nSPS) is 19.4. The highest BCUT2D eigenvalue weighted by Crippen LogP contribution is 2.39. The zero-order valence-corrected chi connectivity index (χ0v) is 18.0. The molecule has 0 spiro atoms. The van der Waals surface area contributed by atoms with Gasteiger partial charge in [-0.2, -0.15) is 4.98 Å². The van der Waals surface area contributed by atoms with Crippen molar-refractivity contribution in [3.05, 3.63) is 52.9 Å². The number of nitrogens with zero attached hydrogens (tertiary/aromatic N) is 6. The molecule has 1 aliphatic carbocycles. The van der Waals surface area contributed by atoms with Crippen LogP contribution in [0, 0.1) is 12.8 Å². The van der Waals surface area contributed by atoms with Crippen molar-refractivity contribution in [3.8, 4) is 5.69 Å². The van der Waals surface area contributed by atoms with Crippen LogP contribution < -0.4 is 10.2 Å². The monoisotopic (exact) mass is 439 g/mol. The zero-order valence-electron chi connectivity index (χ0n) is 17.2. The van der Waals surface area contributed by atoms with Gasteiger partial charge in [0.15, 0.2) is 0 Å². The topological polar surface area (TPSA) is 98.1 Å². The van der Waals surface area contributed by atoms with Gasteiger partial charge in [-0.1, -0.05) is 16.8 Å². The molecule has 3 aromatic rings. The molecule has 160 valence electrons. The van der Waals surface area contributed by atoms with E-state index < -0.39 is 0 Å². The molecule has 1 aromatic carbocycles. The lowest BCUT2D eigenvalue weighted by atomic mass is 10.2. The van der Waals surface area contributed by atoms with Gasteiger partial charge in [0.25, 0.3) is 0 Å². The molecule has 0 unspecified atom stereocenters. The van der Waals surface area contributed by atoms with Gasteiger partial charge in [0.1, 0.15) is 18.1 Å². The molecule has 2 aliphatic rings. The maximum absolute atomic E-state index is 12.3. The molecule has 1 amide bonds. The molecule has 1 aliphatic heterocycles. The molecule has 2 aromatic heterocycles. The second-order valence-electron chi connectivity index (χ2n) is 7.97. The second kappa shape index (κ2) is 7.81. The third-order valence-electron chi connectivity index (χ3n) is 5.55. The molecule has 0 radical (unpaired) electrons. The Balaban J connectivity index is 1.35. The number of anilines is 2. The number of hydrogen-bond donors (Lipinski definition) is 1. The first-order valence-corrected chi connectivity index (χ1v) is 10.6. The number of cyclic esters (lactones) is 1. The summed E-state index contributed by atoms with van der Waals surface area (Å²) in [5.74, 6) is 1.48. The number of carbonyl (C=O) groups excluding carboxylic acids is 1. The van der Waals surface area contributed by atoms with E-state index >= 15 is 0 Å². The van der Waals surface area contributed by atoms with Crippen molar-refractivity contribution >= 4 is 29.5 Å². The lowest BCUT2D eigenvalue weighted by Gasteiger charge is -2.21. The number of carbonyl (C=O) groups is 1. The predicted octanol–water partition coefficient (Wildman–Crippen LogP) is 3.93. The lowest BCUT2D eigenvalue weighted by Crippen LogP contribution is -2.36. The van der Waals surface area contributed by atoms with Gasteiger partial charge in [0.05, 0.1) is 24.0 Å².